The van der Waals surface area contributed by atoms with Crippen molar-refractivity contribution in [1.29, 1.82) is 0 Å². The van der Waals surface area contributed by atoms with Crippen molar-refractivity contribution in [2.45, 2.75) is 37.6 Å². The first kappa shape index (κ1) is 11.9. The highest BCUT2D eigenvalue weighted by Gasteiger charge is 2.53. The van der Waals surface area contributed by atoms with Gasteiger partial charge in [0.15, 0.2) is 0 Å². The number of nitrogens with two attached hydrogens (primary N) is 1. The van der Waals surface area contributed by atoms with E-state index in [-0.39, 0.29) is 11.4 Å². The number of hydrogen-bond acceptors (Lipinski definition) is 4. The van der Waals surface area contributed by atoms with Crippen molar-refractivity contribution in [3.8, 4) is 5.75 Å². The Kier molecular flexibility index (Phi) is 2.39. The Labute approximate surface area is 99.4 Å². The van der Waals surface area contributed by atoms with Crippen LogP contribution in [0.15, 0.2) is 18.2 Å². The highest BCUT2D eigenvalue weighted by molar-refractivity contribution is 5.51. The Morgan fingerprint density at radius 1 is 1.47 bits per heavy atom. The number of phenolic OH excluding ortho intramolecular Hbond substituents is 1. The minimum atomic E-state index is -0.520. The van der Waals surface area contributed by atoms with Gasteiger partial charge in [-0.1, -0.05) is 13.8 Å². The van der Waals surface area contributed by atoms with Gasteiger partial charge < -0.3 is 10.8 Å². The number of phenols is 1. The summed E-state index contributed by atoms with van der Waals surface area (Å²) in [6.07, 6.45) is 1.71. The van der Waals surface area contributed by atoms with E-state index in [1.165, 1.54) is 18.2 Å². The lowest BCUT2D eigenvalue weighted by atomic mass is 9.75. The third-order valence-corrected chi connectivity index (χ3v) is 3.88. The fourth-order valence-corrected chi connectivity index (χ4v) is 2.21. The van der Waals surface area contributed by atoms with Crippen LogP contribution in [0.4, 0.5) is 5.69 Å². The van der Waals surface area contributed by atoms with E-state index in [1.807, 2.05) is 13.8 Å². The average molecular weight is 236 g/mol. The second-order valence-corrected chi connectivity index (χ2v) is 5.24. The highest BCUT2D eigenvalue weighted by atomic mass is 16.6. The van der Waals surface area contributed by atoms with Crippen LogP contribution >= 0.6 is 0 Å². The molecule has 0 aliphatic heterocycles. The molecule has 0 bridgehead atoms. The lowest BCUT2D eigenvalue weighted by molar-refractivity contribution is -0.386. The second kappa shape index (κ2) is 3.43. The number of aromatic hydroxyl groups is 1. The van der Waals surface area contributed by atoms with Crippen LogP contribution in [0.3, 0.4) is 0 Å². The van der Waals surface area contributed by atoms with E-state index in [4.69, 9.17) is 5.73 Å². The molecule has 2 rings (SSSR count). The molecule has 3 N–H and O–H groups in total. The van der Waals surface area contributed by atoms with Gasteiger partial charge in [0.05, 0.1) is 4.92 Å². The van der Waals surface area contributed by atoms with Crippen LogP contribution in [0.25, 0.3) is 0 Å². The fourth-order valence-electron chi connectivity index (χ4n) is 2.21. The van der Waals surface area contributed by atoms with Gasteiger partial charge in [0.2, 0.25) is 0 Å². The van der Waals surface area contributed by atoms with Crippen molar-refractivity contribution < 1.29 is 10.0 Å². The number of hydrogen-bond donors (Lipinski definition) is 2. The molecule has 1 aliphatic carbocycles. The lowest BCUT2D eigenvalue weighted by Crippen LogP contribution is -2.43. The van der Waals surface area contributed by atoms with Gasteiger partial charge in [-0.25, -0.2) is 0 Å². The molecule has 5 nitrogen and oxygen atoms in total. The average Bonchev–Trinajstić information content (AvgIpc) is 2.97. The van der Waals surface area contributed by atoms with Gasteiger partial charge >= 0.3 is 0 Å². The monoisotopic (exact) mass is 236 g/mol. The summed E-state index contributed by atoms with van der Waals surface area (Å²) in [5.41, 5.74) is 5.77. The Bertz CT molecular complexity index is 479. The Morgan fingerprint density at radius 2 is 2.06 bits per heavy atom. The number of nitrogens with zero attached hydrogens (tertiary/aromatic N) is 1. The maximum absolute atomic E-state index is 11.0. The summed E-state index contributed by atoms with van der Waals surface area (Å²) < 4.78 is 0. The summed E-state index contributed by atoms with van der Waals surface area (Å²) in [6, 6.07) is 4.11. The predicted molar refractivity (Wildman–Crippen MR) is 63.9 cm³/mol. The zero-order chi connectivity index (χ0) is 12.8. The summed E-state index contributed by atoms with van der Waals surface area (Å²) in [5.74, 6) is 0.0305. The molecule has 1 fully saturated rings. The molecule has 0 saturated heterocycles. The van der Waals surface area contributed by atoms with Crippen LogP contribution < -0.4 is 5.73 Å². The molecule has 17 heavy (non-hydrogen) atoms. The van der Waals surface area contributed by atoms with Crippen molar-refractivity contribution in [2.24, 2.45) is 5.73 Å². The first-order valence-corrected chi connectivity index (χ1v) is 5.55. The topological polar surface area (TPSA) is 89.4 Å². The predicted octanol–water partition coefficient (Wildman–Crippen LogP) is 2.07. The molecule has 92 valence electrons. The molecule has 0 heterocycles. The van der Waals surface area contributed by atoms with Crippen LogP contribution in [0.5, 0.6) is 5.75 Å². The minimum absolute atomic E-state index is 0.0181. The van der Waals surface area contributed by atoms with Crippen LogP contribution in [0.2, 0.25) is 0 Å². The molecular weight excluding hydrogens is 220 g/mol. The van der Waals surface area contributed by atoms with Crippen LogP contribution in [-0.4, -0.2) is 15.6 Å². The normalized spacial score (nSPS) is 17.8. The molecule has 0 radical (unpaired) electrons. The molecule has 5 heteroatoms. The smallest absolute Gasteiger partial charge is 0.273 e. The van der Waals surface area contributed by atoms with Crippen LogP contribution in [-0.2, 0) is 5.41 Å². The first-order valence-electron chi connectivity index (χ1n) is 5.55. The fraction of sp³-hybridized carbons (Fsp3) is 0.500. The van der Waals surface area contributed by atoms with E-state index in [0.717, 1.165) is 12.8 Å². The van der Waals surface area contributed by atoms with Gasteiger partial charge in [0.25, 0.3) is 5.69 Å². The molecule has 0 unspecified atom stereocenters. The SMILES string of the molecule is CC(C)(c1cc(O)ccc1[N+](=O)[O-])C1(N)CC1. The first-order chi connectivity index (χ1) is 7.78. The number of rotatable bonds is 3. The summed E-state index contributed by atoms with van der Waals surface area (Å²) >= 11 is 0. The van der Waals surface area contributed by atoms with Crippen molar-refractivity contribution in [1.82, 2.24) is 0 Å². The maximum atomic E-state index is 11.0. The van der Waals surface area contributed by atoms with Crippen LogP contribution in [0.1, 0.15) is 32.3 Å². The van der Waals surface area contributed by atoms with Crippen molar-refractivity contribution in [3.05, 3.63) is 33.9 Å². The van der Waals surface area contributed by atoms with Gasteiger partial charge in [0, 0.05) is 22.6 Å². The Morgan fingerprint density at radius 3 is 2.53 bits per heavy atom. The highest BCUT2D eigenvalue weighted by Crippen LogP contribution is 2.51. The minimum Gasteiger partial charge on any atom is -0.508 e. The molecule has 1 aliphatic rings. The van der Waals surface area contributed by atoms with Crippen molar-refractivity contribution >= 4 is 5.69 Å². The van der Waals surface area contributed by atoms with Crippen LogP contribution in [0, 0.1) is 10.1 Å². The lowest BCUT2D eigenvalue weighted by Gasteiger charge is -2.32. The van der Waals surface area contributed by atoms with Crippen molar-refractivity contribution in [2.75, 3.05) is 0 Å². The number of benzene rings is 1. The summed E-state index contributed by atoms with van der Waals surface area (Å²) in [7, 11) is 0. The van der Waals surface area contributed by atoms with Gasteiger partial charge in [-0.05, 0) is 25.0 Å². The number of nitro groups is 1. The molecule has 0 amide bonds. The Balaban J connectivity index is 2.57. The van der Waals surface area contributed by atoms with E-state index in [0.29, 0.717) is 5.56 Å². The number of nitro benzene ring substituents is 1. The van der Waals surface area contributed by atoms with Gasteiger partial charge in [0.1, 0.15) is 5.75 Å². The third-order valence-electron chi connectivity index (χ3n) is 3.88. The zero-order valence-electron chi connectivity index (χ0n) is 9.93. The van der Waals surface area contributed by atoms with E-state index < -0.39 is 15.9 Å². The standard InChI is InChI=1S/C12H16N2O3/c1-11(2,12(13)5-6-12)9-7-8(15)3-4-10(9)14(16)17/h3-4,7,15H,5-6,13H2,1-2H3. The molecule has 0 spiro atoms. The van der Waals surface area contributed by atoms with Crippen molar-refractivity contribution in [3.63, 3.8) is 0 Å². The zero-order valence-corrected chi connectivity index (χ0v) is 9.93. The van der Waals surface area contributed by atoms with E-state index in [1.54, 1.807) is 0 Å². The Hall–Kier alpha value is -1.62. The van der Waals surface area contributed by atoms with Gasteiger partial charge in [-0.15, -0.1) is 0 Å². The van der Waals surface area contributed by atoms with E-state index in [9.17, 15) is 15.2 Å². The molecule has 1 aromatic rings. The molecular formula is C12H16N2O3. The summed E-state index contributed by atoms with van der Waals surface area (Å²) in [6.45, 7) is 3.78. The quantitative estimate of drug-likeness (QED) is 0.621. The summed E-state index contributed by atoms with van der Waals surface area (Å²) in [4.78, 5) is 10.6. The molecule has 0 atom stereocenters. The van der Waals surface area contributed by atoms with Gasteiger partial charge in [-0.2, -0.15) is 0 Å². The molecule has 1 saturated carbocycles. The molecule has 1 aromatic carbocycles. The third kappa shape index (κ3) is 1.76. The second-order valence-electron chi connectivity index (χ2n) is 5.24. The van der Waals surface area contributed by atoms with Gasteiger partial charge in [-0.3, -0.25) is 10.1 Å². The largest absolute Gasteiger partial charge is 0.508 e. The van der Waals surface area contributed by atoms with E-state index >= 15 is 0 Å². The summed E-state index contributed by atoms with van der Waals surface area (Å²) in [5, 5.41) is 20.5. The molecule has 0 aromatic heterocycles. The maximum Gasteiger partial charge on any atom is 0.273 e. The van der Waals surface area contributed by atoms with E-state index in [2.05, 4.69) is 0 Å².